The number of sulfonamides is 1. The maximum absolute atomic E-state index is 13.2. The number of piperazine rings is 1. The van der Waals surface area contributed by atoms with Crippen LogP contribution < -0.4 is 9.80 Å². The number of anilines is 2. The molecule has 1 aliphatic rings. The van der Waals surface area contributed by atoms with E-state index in [0.29, 0.717) is 36.9 Å². The Kier molecular flexibility index (Phi) is 5.93. The monoisotopic (exact) mass is 437 g/mol. The van der Waals surface area contributed by atoms with Crippen LogP contribution in [0.5, 0.6) is 0 Å². The molecule has 4 rings (SSSR count). The molecule has 162 valence electrons. The number of hydrogen-bond donors (Lipinski definition) is 0. The van der Waals surface area contributed by atoms with E-state index in [9.17, 15) is 8.42 Å². The van der Waals surface area contributed by atoms with Gasteiger partial charge in [-0.15, -0.1) is 0 Å². The third kappa shape index (κ3) is 4.55. The minimum Gasteiger partial charge on any atom is -0.363 e. The zero-order valence-corrected chi connectivity index (χ0v) is 18.9. The lowest BCUT2D eigenvalue weighted by Crippen LogP contribution is -2.49. The molecule has 0 amide bonds. The van der Waals surface area contributed by atoms with Crippen LogP contribution in [0.4, 0.5) is 11.6 Å². The van der Waals surface area contributed by atoms with Gasteiger partial charge < -0.3 is 9.80 Å². The van der Waals surface area contributed by atoms with Gasteiger partial charge in [-0.3, -0.25) is 0 Å². The van der Waals surface area contributed by atoms with Gasteiger partial charge in [0.2, 0.25) is 10.0 Å². The second kappa shape index (κ2) is 8.64. The fraction of sp³-hybridized carbons (Fsp3) is 0.304. The van der Waals surface area contributed by atoms with Crippen LogP contribution >= 0.6 is 0 Å². The predicted octanol–water partition coefficient (Wildman–Crippen LogP) is 3.03. The number of nitrogens with zero attached hydrogens (tertiary/aromatic N) is 5. The molecule has 2 heterocycles. The highest BCUT2D eigenvalue weighted by atomic mass is 32.2. The Bertz CT molecular complexity index is 1140. The van der Waals surface area contributed by atoms with E-state index < -0.39 is 10.0 Å². The molecule has 0 aliphatic carbocycles. The quantitative estimate of drug-likeness (QED) is 0.611. The lowest BCUT2D eigenvalue weighted by molar-refractivity contribution is 0.383. The number of aryl methyl sites for hydroxylation is 1. The van der Waals surface area contributed by atoms with Crippen molar-refractivity contribution >= 4 is 21.7 Å². The van der Waals surface area contributed by atoms with Gasteiger partial charge >= 0.3 is 0 Å². The number of benzene rings is 2. The van der Waals surface area contributed by atoms with E-state index in [0.717, 1.165) is 22.8 Å². The van der Waals surface area contributed by atoms with Gasteiger partial charge in [-0.05, 0) is 30.2 Å². The molecule has 3 aromatic rings. The first-order valence-electron chi connectivity index (χ1n) is 10.3. The lowest BCUT2D eigenvalue weighted by atomic mass is 10.1. The van der Waals surface area contributed by atoms with Crippen molar-refractivity contribution in [2.45, 2.75) is 11.8 Å². The Hall–Kier alpha value is -2.97. The van der Waals surface area contributed by atoms with Gasteiger partial charge in [-0.25, -0.2) is 18.4 Å². The summed E-state index contributed by atoms with van der Waals surface area (Å²) in [6.07, 6.45) is 0. The molecule has 0 spiro atoms. The van der Waals surface area contributed by atoms with Gasteiger partial charge in [0.25, 0.3) is 0 Å². The average Bonchev–Trinajstić information content (AvgIpc) is 2.79. The third-order valence-electron chi connectivity index (χ3n) is 5.43. The summed E-state index contributed by atoms with van der Waals surface area (Å²) < 4.78 is 27.9. The second-order valence-corrected chi connectivity index (χ2v) is 9.75. The molecule has 0 N–H and O–H groups in total. The number of hydrogen-bond acceptors (Lipinski definition) is 6. The van der Waals surface area contributed by atoms with Crippen molar-refractivity contribution in [1.82, 2.24) is 14.3 Å². The van der Waals surface area contributed by atoms with Gasteiger partial charge in [0.15, 0.2) is 0 Å². The lowest BCUT2D eigenvalue weighted by Gasteiger charge is -2.35. The van der Waals surface area contributed by atoms with E-state index in [1.165, 1.54) is 0 Å². The summed E-state index contributed by atoms with van der Waals surface area (Å²) in [6, 6.07) is 19.0. The van der Waals surface area contributed by atoms with E-state index in [1.807, 2.05) is 74.4 Å². The Labute approximate surface area is 184 Å². The van der Waals surface area contributed by atoms with E-state index in [1.54, 1.807) is 16.4 Å². The highest BCUT2D eigenvalue weighted by molar-refractivity contribution is 7.89. The molecular formula is C23H27N5O2S. The third-order valence-corrected chi connectivity index (χ3v) is 7.34. The Balaban J connectivity index is 1.47. The predicted molar refractivity (Wildman–Crippen MR) is 124 cm³/mol. The molecule has 0 unspecified atom stereocenters. The zero-order valence-electron chi connectivity index (χ0n) is 18.1. The maximum Gasteiger partial charge on any atom is 0.243 e. The number of rotatable bonds is 5. The molecule has 2 aromatic carbocycles. The largest absolute Gasteiger partial charge is 0.363 e. The fourth-order valence-corrected chi connectivity index (χ4v) is 5.11. The minimum absolute atomic E-state index is 0.327. The maximum atomic E-state index is 13.2. The van der Waals surface area contributed by atoms with Gasteiger partial charge in [-0.1, -0.05) is 42.5 Å². The van der Waals surface area contributed by atoms with Crippen molar-refractivity contribution < 1.29 is 8.42 Å². The first-order valence-corrected chi connectivity index (χ1v) is 11.7. The van der Waals surface area contributed by atoms with Crippen molar-refractivity contribution in [2.75, 3.05) is 50.1 Å². The summed E-state index contributed by atoms with van der Waals surface area (Å²) in [5.74, 6) is 2.38. The van der Waals surface area contributed by atoms with Gasteiger partial charge in [0, 0.05) is 46.3 Å². The molecule has 0 saturated carbocycles. The van der Waals surface area contributed by atoms with E-state index >= 15 is 0 Å². The minimum atomic E-state index is -3.53. The van der Waals surface area contributed by atoms with Crippen LogP contribution in [0.3, 0.4) is 0 Å². The molecule has 7 nitrogen and oxygen atoms in total. The Morgan fingerprint density at radius 2 is 1.45 bits per heavy atom. The van der Waals surface area contributed by atoms with Crippen LogP contribution in [-0.2, 0) is 10.0 Å². The normalized spacial score (nSPS) is 15.1. The molecular weight excluding hydrogens is 410 g/mol. The highest BCUT2D eigenvalue weighted by Gasteiger charge is 2.29. The smallest absolute Gasteiger partial charge is 0.243 e. The fourth-order valence-electron chi connectivity index (χ4n) is 3.68. The summed E-state index contributed by atoms with van der Waals surface area (Å²) in [5, 5.41) is 0. The zero-order chi connectivity index (χ0) is 22.0. The van der Waals surface area contributed by atoms with Crippen LogP contribution in [0.1, 0.15) is 5.82 Å². The van der Waals surface area contributed by atoms with Crippen LogP contribution in [0.2, 0.25) is 0 Å². The first kappa shape index (κ1) is 21.3. The first-order chi connectivity index (χ1) is 14.8. The molecule has 1 aliphatic heterocycles. The molecule has 0 radical (unpaired) electrons. The molecule has 0 bridgehead atoms. The van der Waals surface area contributed by atoms with Crippen LogP contribution in [0.15, 0.2) is 65.6 Å². The van der Waals surface area contributed by atoms with Crippen molar-refractivity contribution in [2.24, 2.45) is 0 Å². The van der Waals surface area contributed by atoms with Crippen molar-refractivity contribution in [1.29, 1.82) is 0 Å². The van der Waals surface area contributed by atoms with E-state index in [2.05, 4.69) is 14.9 Å². The van der Waals surface area contributed by atoms with Crippen molar-refractivity contribution in [3.8, 4) is 11.1 Å². The van der Waals surface area contributed by atoms with Crippen molar-refractivity contribution in [3.63, 3.8) is 0 Å². The second-order valence-electron chi connectivity index (χ2n) is 7.81. The Morgan fingerprint density at radius 1 is 0.839 bits per heavy atom. The highest BCUT2D eigenvalue weighted by Crippen LogP contribution is 2.25. The summed E-state index contributed by atoms with van der Waals surface area (Å²) in [6.45, 7) is 3.89. The number of aromatic nitrogens is 2. The molecule has 31 heavy (non-hydrogen) atoms. The summed E-state index contributed by atoms with van der Waals surface area (Å²) in [4.78, 5) is 13.4. The topological polar surface area (TPSA) is 69.6 Å². The van der Waals surface area contributed by atoms with Crippen LogP contribution in [0.25, 0.3) is 11.1 Å². The van der Waals surface area contributed by atoms with E-state index in [4.69, 9.17) is 0 Å². The molecule has 0 atom stereocenters. The summed E-state index contributed by atoms with van der Waals surface area (Å²) >= 11 is 0. The standard InChI is InChI=1S/C23H27N5O2S/c1-18-24-22(26(2)3)17-23(25-18)27-13-15-28(16-14-27)31(29,30)21-11-9-20(10-12-21)19-7-5-4-6-8-19/h4-12,17H,13-16H2,1-3H3. The van der Waals surface area contributed by atoms with Gasteiger partial charge in [-0.2, -0.15) is 4.31 Å². The molecule has 1 fully saturated rings. The average molecular weight is 438 g/mol. The summed E-state index contributed by atoms with van der Waals surface area (Å²) in [5.41, 5.74) is 2.07. The van der Waals surface area contributed by atoms with Crippen LogP contribution in [0, 0.1) is 6.92 Å². The van der Waals surface area contributed by atoms with Gasteiger partial charge in [0.1, 0.15) is 17.5 Å². The van der Waals surface area contributed by atoms with Crippen LogP contribution in [-0.4, -0.2) is 63.0 Å². The Morgan fingerprint density at radius 3 is 2.06 bits per heavy atom. The molecule has 1 aromatic heterocycles. The van der Waals surface area contributed by atoms with Crippen molar-refractivity contribution in [3.05, 3.63) is 66.5 Å². The van der Waals surface area contributed by atoms with Gasteiger partial charge in [0.05, 0.1) is 4.90 Å². The summed E-state index contributed by atoms with van der Waals surface area (Å²) in [7, 11) is 0.356. The van der Waals surface area contributed by atoms with E-state index in [-0.39, 0.29) is 0 Å². The molecule has 1 saturated heterocycles. The molecule has 8 heteroatoms. The SMILES string of the molecule is Cc1nc(N(C)C)cc(N2CCN(S(=O)(=O)c3ccc(-c4ccccc4)cc3)CC2)n1.